The molecule has 1 aliphatic carbocycles. The lowest BCUT2D eigenvalue weighted by Gasteiger charge is -2.33. The number of nitrogens with two attached hydrogens (primary N) is 1. The number of rotatable bonds is 4. The van der Waals surface area contributed by atoms with Gasteiger partial charge in [-0.1, -0.05) is 32.8 Å². The van der Waals surface area contributed by atoms with Crippen LogP contribution in [0, 0.1) is 5.92 Å². The first-order chi connectivity index (χ1) is 9.86. The number of aryl methyl sites for hydroxylation is 1. The van der Waals surface area contributed by atoms with Gasteiger partial charge in [0.2, 0.25) is 10.0 Å². The first-order valence-corrected chi connectivity index (χ1v) is 9.16. The maximum atomic E-state index is 12.9. The van der Waals surface area contributed by atoms with Crippen molar-refractivity contribution in [3.05, 3.63) is 23.8 Å². The predicted molar refractivity (Wildman–Crippen MR) is 86.6 cm³/mol. The van der Waals surface area contributed by atoms with Crippen molar-refractivity contribution in [1.29, 1.82) is 0 Å². The molecule has 2 rings (SSSR count). The molecule has 0 radical (unpaired) electrons. The Morgan fingerprint density at radius 3 is 2.67 bits per heavy atom. The Balaban J connectivity index is 2.35. The number of nitrogens with zero attached hydrogens (tertiary/aromatic N) is 1. The SMILES string of the molecule is CCc1ccc(N)cc1S(=O)(=O)N(C)C1CCCC(C)C1. The normalized spacial score (nSPS) is 23.4. The molecular weight excluding hydrogens is 284 g/mol. The Labute approximate surface area is 128 Å². The predicted octanol–water partition coefficient (Wildman–Crippen LogP) is 3.03. The van der Waals surface area contributed by atoms with Crippen molar-refractivity contribution in [2.24, 2.45) is 5.92 Å². The molecule has 0 spiro atoms. The number of benzene rings is 1. The molecule has 21 heavy (non-hydrogen) atoms. The number of hydrogen-bond acceptors (Lipinski definition) is 3. The monoisotopic (exact) mass is 310 g/mol. The van der Waals surface area contributed by atoms with Crippen molar-refractivity contribution < 1.29 is 8.42 Å². The van der Waals surface area contributed by atoms with E-state index in [0.29, 0.717) is 22.9 Å². The summed E-state index contributed by atoms with van der Waals surface area (Å²) in [5.41, 5.74) is 7.13. The van der Waals surface area contributed by atoms with Gasteiger partial charge in [-0.2, -0.15) is 4.31 Å². The van der Waals surface area contributed by atoms with Crippen LogP contribution >= 0.6 is 0 Å². The van der Waals surface area contributed by atoms with E-state index in [-0.39, 0.29) is 6.04 Å². The second-order valence-corrected chi connectivity index (χ2v) is 8.13. The zero-order valence-corrected chi connectivity index (χ0v) is 14.0. The summed E-state index contributed by atoms with van der Waals surface area (Å²) < 4.78 is 27.4. The van der Waals surface area contributed by atoms with Crippen LogP contribution in [0.1, 0.15) is 45.1 Å². The fourth-order valence-corrected chi connectivity index (χ4v) is 4.91. The van der Waals surface area contributed by atoms with E-state index >= 15 is 0 Å². The van der Waals surface area contributed by atoms with E-state index in [9.17, 15) is 8.42 Å². The second kappa shape index (κ2) is 6.36. The smallest absolute Gasteiger partial charge is 0.243 e. The Morgan fingerprint density at radius 1 is 1.33 bits per heavy atom. The summed E-state index contributed by atoms with van der Waals surface area (Å²) in [4.78, 5) is 0.366. The van der Waals surface area contributed by atoms with Gasteiger partial charge in [-0.3, -0.25) is 0 Å². The van der Waals surface area contributed by atoms with Crippen molar-refractivity contribution in [3.8, 4) is 0 Å². The molecule has 0 heterocycles. The lowest BCUT2D eigenvalue weighted by Crippen LogP contribution is -2.40. The summed E-state index contributed by atoms with van der Waals surface area (Å²) in [5.74, 6) is 0.591. The minimum atomic E-state index is -3.47. The van der Waals surface area contributed by atoms with Gasteiger partial charge >= 0.3 is 0 Å². The van der Waals surface area contributed by atoms with E-state index in [1.54, 1.807) is 23.5 Å². The van der Waals surface area contributed by atoms with Crippen LogP contribution in [0.25, 0.3) is 0 Å². The molecule has 0 bridgehead atoms. The molecule has 118 valence electrons. The lowest BCUT2D eigenvalue weighted by molar-refractivity contribution is 0.239. The van der Waals surface area contributed by atoms with Crippen molar-refractivity contribution in [2.45, 2.75) is 56.9 Å². The van der Waals surface area contributed by atoms with Gasteiger partial charge < -0.3 is 5.73 Å². The molecule has 5 heteroatoms. The van der Waals surface area contributed by atoms with Crippen molar-refractivity contribution in [2.75, 3.05) is 12.8 Å². The molecule has 1 saturated carbocycles. The molecule has 1 aromatic rings. The summed E-state index contributed by atoms with van der Waals surface area (Å²) in [6.45, 7) is 4.16. The van der Waals surface area contributed by atoms with E-state index in [2.05, 4.69) is 6.92 Å². The lowest BCUT2D eigenvalue weighted by atomic mass is 9.87. The van der Waals surface area contributed by atoms with Crippen LogP contribution in [0.5, 0.6) is 0 Å². The number of hydrogen-bond donors (Lipinski definition) is 1. The third-order valence-electron chi connectivity index (χ3n) is 4.55. The van der Waals surface area contributed by atoms with Crippen LogP contribution in [-0.4, -0.2) is 25.8 Å². The molecule has 1 aliphatic rings. The van der Waals surface area contributed by atoms with E-state index in [1.807, 2.05) is 13.0 Å². The maximum absolute atomic E-state index is 12.9. The number of anilines is 1. The molecule has 1 aromatic carbocycles. The van der Waals surface area contributed by atoms with Crippen LogP contribution in [-0.2, 0) is 16.4 Å². The summed E-state index contributed by atoms with van der Waals surface area (Å²) in [6, 6.07) is 5.28. The fourth-order valence-electron chi connectivity index (χ4n) is 3.19. The second-order valence-electron chi connectivity index (χ2n) is 6.17. The standard InChI is InChI=1S/C16H26N2O2S/c1-4-13-8-9-14(17)11-16(13)21(19,20)18(3)15-7-5-6-12(2)10-15/h8-9,11-12,15H,4-7,10,17H2,1-3H3. The Bertz CT molecular complexity index is 598. The van der Waals surface area contributed by atoms with Gasteiger partial charge in [0, 0.05) is 18.8 Å². The molecule has 0 aromatic heterocycles. The molecule has 2 atom stereocenters. The number of sulfonamides is 1. The van der Waals surface area contributed by atoms with Crippen molar-refractivity contribution >= 4 is 15.7 Å². The first-order valence-electron chi connectivity index (χ1n) is 7.72. The van der Waals surface area contributed by atoms with Crippen LogP contribution in [0.15, 0.2) is 23.1 Å². The highest BCUT2D eigenvalue weighted by Crippen LogP contribution is 2.31. The van der Waals surface area contributed by atoms with Crippen LogP contribution in [0.4, 0.5) is 5.69 Å². The molecule has 0 saturated heterocycles. The first kappa shape index (κ1) is 16.3. The average molecular weight is 310 g/mol. The molecule has 0 amide bonds. The average Bonchev–Trinajstić information content (AvgIpc) is 2.46. The van der Waals surface area contributed by atoms with Gasteiger partial charge in [0.25, 0.3) is 0 Å². The third-order valence-corrected chi connectivity index (χ3v) is 6.54. The van der Waals surface area contributed by atoms with Gasteiger partial charge in [-0.15, -0.1) is 0 Å². The van der Waals surface area contributed by atoms with E-state index in [0.717, 1.165) is 24.8 Å². The quantitative estimate of drug-likeness (QED) is 0.869. The molecule has 0 aliphatic heterocycles. The third kappa shape index (κ3) is 3.40. The van der Waals surface area contributed by atoms with Crippen molar-refractivity contribution in [3.63, 3.8) is 0 Å². The summed E-state index contributed by atoms with van der Waals surface area (Å²) >= 11 is 0. The van der Waals surface area contributed by atoms with Crippen LogP contribution in [0.3, 0.4) is 0 Å². The van der Waals surface area contributed by atoms with Gasteiger partial charge in [-0.05, 0) is 42.9 Å². The van der Waals surface area contributed by atoms with Gasteiger partial charge in [0.15, 0.2) is 0 Å². The largest absolute Gasteiger partial charge is 0.399 e. The molecule has 2 N–H and O–H groups in total. The van der Waals surface area contributed by atoms with E-state index < -0.39 is 10.0 Å². The minimum Gasteiger partial charge on any atom is -0.399 e. The highest BCUT2D eigenvalue weighted by Gasteiger charge is 2.32. The summed E-state index contributed by atoms with van der Waals surface area (Å²) in [6.07, 6.45) is 4.87. The van der Waals surface area contributed by atoms with Gasteiger partial charge in [-0.25, -0.2) is 8.42 Å². The Hall–Kier alpha value is -1.07. The minimum absolute atomic E-state index is 0.102. The van der Waals surface area contributed by atoms with Crippen molar-refractivity contribution in [1.82, 2.24) is 4.31 Å². The zero-order chi connectivity index (χ0) is 15.6. The maximum Gasteiger partial charge on any atom is 0.243 e. The van der Waals surface area contributed by atoms with Crippen LogP contribution in [0.2, 0.25) is 0 Å². The molecule has 2 unspecified atom stereocenters. The van der Waals surface area contributed by atoms with E-state index in [1.165, 1.54) is 6.42 Å². The van der Waals surface area contributed by atoms with E-state index in [4.69, 9.17) is 5.73 Å². The zero-order valence-electron chi connectivity index (χ0n) is 13.2. The Kier molecular flexibility index (Phi) is 4.94. The van der Waals surface area contributed by atoms with Crippen LogP contribution < -0.4 is 5.73 Å². The molecular formula is C16H26N2O2S. The highest BCUT2D eigenvalue weighted by molar-refractivity contribution is 7.89. The summed E-state index contributed by atoms with van der Waals surface area (Å²) in [7, 11) is -1.76. The highest BCUT2D eigenvalue weighted by atomic mass is 32.2. The fraction of sp³-hybridized carbons (Fsp3) is 0.625. The molecule has 4 nitrogen and oxygen atoms in total. The topological polar surface area (TPSA) is 63.4 Å². The molecule has 1 fully saturated rings. The van der Waals surface area contributed by atoms with Gasteiger partial charge in [0.1, 0.15) is 0 Å². The number of nitrogen functional groups attached to an aromatic ring is 1. The summed E-state index contributed by atoms with van der Waals surface area (Å²) in [5, 5.41) is 0. The van der Waals surface area contributed by atoms with Gasteiger partial charge in [0.05, 0.1) is 4.90 Å². The Morgan fingerprint density at radius 2 is 2.05 bits per heavy atom.